The van der Waals surface area contributed by atoms with Crippen molar-refractivity contribution in [3.63, 3.8) is 0 Å². The van der Waals surface area contributed by atoms with E-state index in [4.69, 9.17) is 9.47 Å². The van der Waals surface area contributed by atoms with Gasteiger partial charge < -0.3 is 14.2 Å². The van der Waals surface area contributed by atoms with Gasteiger partial charge in [0.2, 0.25) is 0 Å². The Bertz CT molecular complexity index is 1050. The Morgan fingerprint density at radius 3 is 1.61 bits per heavy atom. The van der Waals surface area contributed by atoms with E-state index in [1.807, 2.05) is 48.5 Å². The molecule has 31 heavy (non-hydrogen) atoms. The molecule has 0 aliphatic rings. The SMILES string of the molecule is C=CCOc1ccc(-c2ccc(-c3ccc(OC(=O)COC(=O)C=C)cc3)cc2)cc1. The molecule has 0 radical (unpaired) electrons. The fraction of sp³-hybridized carbons (Fsp3) is 0.0769. The predicted octanol–water partition coefficient (Wildman–Crippen LogP) is 5.22. The molecule has 0 aromatic heterocycles. The lowest BCUT2D eigenvalue weighted by Gasteiger charge is -2.08. The van der Waals surface area contributed by atoms with Crippen molar-refractivity contribution in [2.75, 3.05) is 13.2 Å². The summed E-state index contributed by atoms with van der Waals surface area (Å²) in [5.74, 6) is -0.153. The number of benzene rings is 3. The fourth-order valence-corrected chi connectivity index (χ4v) is 2.82. The van der Waals surface area contributed by atoms with Gasteiger partial charge in [-0.2, -0.15) is 0 Å². The normalized spacial score (nSPS) is 10.1. The minimum absolute atomic E-state index is 0.374. The Morgan fingerprint density at radius 1 is 0.710 bits per heavy atom. The quantitative estimate of drug-likeness (QED) is 0.208. The van der Waals surface area contributed by atoms with Crippen LogP contribution in [0.5, 0.6) is 11.5 Å². The monoisotopic (exact) mass is 414 g/mol. The van der Waals surface area contributed by atoms with Gasteiger partial charge in [-0.15, -0.1) is 0 Å². The molecule has 0 saturated carbocycles. The lowest BCUT2D eigenvalue weighted by molar-refractivity contribution is -0.150. The van der Waals surface area contributed by atoms with E-state index in [-0.39, 0.29) is 0 Å². The van der Waals surface area contributed by atoms with E-state index in [2.05, 4.69) is 30.0 Å². The van der Waals surface area contributed by atoms with Crippen LogP contribution in [-0.4, -0.2) is 25.2 Å². The topological polar surface area (TPSA) is 61.8 Å². The van der Waals surface area contributed by atoms with Gasteiger partial charge in [-0.1, -0.05) is 67.8 Å². The zero-order chi connectivity index (χ0) is 22.1. The van der Waals surface area contributed by atoms with E-state index in [0.717, 1.165) is 34.1 Å². The first-order chi connectivity index (χ1) is 15.1. The smallest absolute Gasteiger partial charge is 0.349 e. The summed E-state index contributed by atoms with van der Waals surface area (Å²) in [4.78, 5) is 22.7. The summed E-state index contributed by atoms with van der Waals surface area (Å²) in [5.41, 5.74) is 4.21. The van der Waals surface area contributed by atoms with Gasteiger partial charge in [0, 0.05) is 6.08 Å². The number of esters is 2. The molecule has 3 rings (SSSR count). The van der Waals surface area contributed by atoms with Crippen LogP contribution in [0.2, 0.25) is 0 Å². The van der Waals surface area contributed by atoms with Crippen molar-refractivity contribution >= 4 is 11.9 Å². The molecular weight excluding hydrogens is 392 g/mol. The third kappa shape index (κ3) is 6.18. The molecule has 0 bridgehead atoms. The van der Waals surface area contributed by atoms with E-state index in [0.29, 0.717) is 12.4 Å². The van der Waals surface area contributed by atoms with Gasteiger partial charge >= 0.3 is 11.9 Å². The highest BCUT2D eigenvalue weighted by molar-refractivity contribution is 5.84. The molecule has 3 aromatic rings. The molecule has 0 saturated heterocycles. The maximum atomic E-state index is 11.7. The molecule has 5 heteroatoms. The summed E-state index contributed by atoms with van der Waals surface area (Å²) < 4.78 is 15.3. The van der Waals surface area contributed by atoms with Gasteiger partial charge in [-0.3, -0.25) is 0 Å². The summed E-state index contributed by atoms with van der Waals surface area (Å²) in [6, 6.07) is 23.2. The third-order valence-electron chi connectivity index (χ3n) is 4.36. The number of ether oxygens (including phenoxy) is 3. The molecule has 0 amide bonds. The molecule has 0 aliphatic heterocycles. The molecule has 0 fully saturated rings. The number of hydrogen-bond acceptors (Lipinski definition) is 5. The lowest BCUT2D eigenvalue weighted by atomic mass is 10.0. The van der Waals surface area contributed by atoms with Gasteiger partial charge in [-0.05, 0) is 46.5 Å². The van der Waals surface area contributed by atoms with Crippen molar-refractivity contribution in [3.05, 3.63) is 98.1 Å². The number of hydrogen-bond donors (Lipinski definition) is 0. The average Bonchev–Trinajstić information content (AvgIpc) is 2.82. The van der Waals surface area contributed by atoms with Crippen LogP contribution >= 0.6 is 0 Å². The van der Waals surface area contributed by atoms with Crippen LogP contribution in [0.25, 0.3) is 22.3 Å². The van der Waals surface area contributed by atoms with Crippen molar-refractivity contribution in [1.29, 1.82) is 0 Å². The minimum atomic E-state index is -0.673. The first-order valence-electron chi connectivity index (χ1n) is 9.63. The van der Waals surface area contributed by atoms with Crippen LogP contribution in [0.1, 0.15) is 0 Å². The molecule has 0 N–H and O–H groups in total. The van der Waals surface area contributed by atoms with Crippen LogP contribution < -0.4 is 9.47 Å². The van der Waals surface area contributed by atoms with Gasteiger partial charge in [0.05, 0.1) is 0 Å². The van der Waals surface area contributed by atoms with E-state index < -0.39 is 18.5 Å². The Morgan fingerprint density at radius 2 is 1.16 bits per heavy atom. The van der Waals surface area contributed by atoms with E-state index in [9.17, 15) is 9.59 Å². The molecule has 0 spiro atoms. The number of carbonyl (C=O) groups is 2. The van der Waals surface area contributed by atoms with Crippen LogP contribution in [0.3, 0.4) is 0 Å². The summed E-state index contributed by atoms with van der Waals surface area (Å²) >= 11 is 0. The highest BCUT2D eigenvalue weighted by atomic mass is 16.6. The zero-order valence-electron chi connectivity index (χ0n) is 17.0. The third-order valence-corrected chi connectivity index (χ3v) is 4.36. The van der Waals surface area contributed by atoms with E-state index in [1.165, 1.54) is 0 Å². The number of carbonyl (C=O) groups excluding carboxylic acids is 2. The van der Waals surface area contributed by atoms with Crippen LogP contribution in [0.15, 0.2) is 98.1 Å². The molecule has 0 unspecified atom stereocenters. The summed E-state index contributed by atoms with van der Waals surface area (Å²) in [5, 5.41) is 0. The maximum Gasteiger partial charge on any atom is 0.349 e. The highest BCUT2D eigenvalue weighted by Gasteiger charge is 2.08. The summed E-state index contributed by atoms with van der Waals surface area (Å²) in [6.07, 6.45) is 2.70. The van der Waals surface area contributed by atoms with Crippen molar-refractivity contribution in [3.8, 4) is 33.8 Å². The van der Waals surface area contributed by atoms with Gasteiger partial charge in [-0.25, -0.2) is 9.59 Å². The van der Waals surface area contributed by atoms with Crippen LogP contribution in [0.4, 0.5) is 0 Å². The Hall–Kier alpha value is -4.12. The van der Waals surface area contributed by atoms with Crippen LogP contribution in [-0.2, 0) is 14.3 Å². The van der Waals surface area contributed by atoms with E-state index >= 15 is 0 Å². The van der Waals surface area contributed by atoms with Crippen molar-refractivity contribution in [2.45, 2.75) is 0 Å². The standard InChI is InChI=1S/C26H22O5/c1-3-17-29-23-13-9-21(10-14-23)19-5-7-20(8-6-19)22-11-15-24(16-12-22)31-26(28)18-30-25(27)4-2/h3-16H,1-2,17-18H2. The average molecular weight is 414 g/mol. The second-order valence-corrected chi connectivity index (χ2v) is 6.51. The second kappa shape index (κ2) is 10.6. The van der Waals surface area contributed by atoms with Gasteiger partial charge in [0.15, 0.2) is 6.61 Å². The fourth-order valence-electron chi connectivity index (χ4n) is 2.82. The van der Waals surface area contributed by atoms with Crippen molar-refractivity contribution < 1.29 is 23.8 Å². The molecule has 0 heterocycles. The maximum absolute atomic E-state index is 11.7. The molecule has 3 aromatic carbocycles. The Kier molecular flexibility index (Phi) is 7.38. The molecule has 0 aliphatic carbocycles. The van der Waals surface area contributed by atoms with E-state index in [1.54, 1.807) is 18.2 Å². The number of rotatable bonds is 9. The minimum Gasteiger partial charge on any atom is -0.490 e. The van der Waals surface area contributed by atoms with Crippen molar-refractivity contribution in [2.24, 2.45) is 0 Å². The Balaban J connectivity index is 1.62. The highest BCUT2D eigenvalue weighted by Crippen LogP contribution is 2.27. The zero-order valence-corrected chi connectivity index (χ0v) is 17.0. The largest absolute Gasteiger partial charge is 0.490 e. The molecule has 0 atom stereocenters. The first kappa shape index (κ1) is 21.6. The Labute approximate surface area is 181 Å². The van der Waals surface area contributed by atoms with Gasteiger partial charge in [0.1, 0.15) is 18.1 Å². The molecule has 156 valence electrons. The first-order valence-corrected chi connectivity index (χ1v) is 9.63. The predicted molar refractivity (Wildman–Crippen MR) is 120 cm³/mol. The summed E-state index contributed by atoms with van der Waals surface area (Å²) in [7, 11) is 0. The van der Waals surface area contributed by atoms with Gasteiger partial charge in [0.25, 0.3) is 0 Å². The summed E-state index contributed by atoms with van der Waals surface area (Å²) in [6.45, 7) is 6.92. The lowest BCUT2D eigenvalue weighted by Crippen LogP contribution is -2.17. The second-order valence-electron chi connectivity index (χ2n) is 6.51. The molecular formula is C26H22O5. The molecule has 5 nitrogen and oxygen atoms in total. The van der Waals surface area contributed by atoms with Crippen molar-refractivity contribution in [1.82, 2.24) is 0 Å². The van der Waals surface area contributed by atoms with Crippen LogP contribution in [0, 0.1) is 0 Å².